The summed E-state index contributed by atoms with van der Waals surface area (Å²) in [7, 11) is 0. The van der Waals surface area contributed by atoms with E-state index in [1.54, 1.807) is 0 Å². The highest BCUT2D eigenvalue weighted by molar-refractivity contribution is 6.33. The molecule has 0 radical (unpaired) electrons. The first-order valence-electron chi connectivity index (χ1n) is 15.9. The van der Waals surface area contributed by atoms with Crippen LogP contribution in [0, 0.1) is 0 Å². The van der Waals surface area contributed by atoms with E-state index in [2.05, 4.69) is 174 Å². The Labute approximate surface area is 266 Å². The number of aromatic amines is 1. The maximum atomic E-state index is 3.66. The van der Waals surface area contributed by atoms with Gasteiger partial charge in [0, 0.05) is 38.9 Å². The molecule has 1 aromatic heterocycles. The van der Waals surface area contributed by atoms with Crippen LogP contribution < -0.4 is 4.90 Å². The molecule has 10 rings (SSSR count). The number of para-hydroxylation sites is 2. The first kappa shape index (κ1) is 25.2. The van der Waals surface area contributed by atoms with Gasteiger partial charge in [0.05, 0.1) is 0 Å². The zero-order chi connectivity index (χ0) is 30.2. The molecule has 1 heterocycles. The van der Waals surface area contributed by atoms with Crippen molar-refractivity contribution in [2.24, 2.45) is 0 Å². The molecule has 0 unspecified atom stereocenters. The molecule has 10 aromatic rings. The van der Waals surface area contributed by atoms with Crippen molar-refractivity contribution in [3.05, 3.63) is 164 Å². The lowest BCUT2D eigenvalue weighted by molar-refractivity contribution is 1.29. The van der Waals surface area contributed by atoms with E-state index in [0.29, 0.717) is 0 Å². The Balaban J connectivity index is 1.14. The number of nitrogens with one attached hydrogen (secondary N) is 1. The topological polar surface area (TPSA) is 19.0 Å². The van der Waals surface area contributed by atoms with Gasteiger partial charge in [0.25, 0.3) is 0 Å². The number of fused-ring (bicyclic) bond motifs is 5. The third-order valence-electron chi connectivity index (χ3n) is 9.69. The number of H-pyrrole nitrogens is 1. The number of anilines is 3. The Hall–Kier alpha value is -6.12. The molecule has 2 heteroatoms. The van der Waals surface area contributed by atoms with Crippen LogP contribution in [0.25, 0.3) is 76.0 Å². The molecule has 214 valence electrons. The standard InChI is InChI=1S/C44H28N2/c1-2-10-33(11-3-1)46(35-22-14-28-8-4-5-9-31(28)26-35)34-20-15-29(16-21-34)36-23-17-30-18-25-39-43-32(19-24-37(36)42(30)43)27-41-44(39)38-12-6-7-13-40(38)45-41/h1-27,45H. The first-order chi connectivity index (χ1) is 22.8. The number of rotatable bonds is 4. The van der Waals surface area contributed by atoms with Crippen molar-refractivity contribution in [2.75, 3.05) is 4.90 Å². The van der Waals surface area contributed by atoms with Gasteiger partial charge in [0.15, 0.2) is 0 Å². The molecule has 0 aliphatic rings. The zero-order valence-electron chi connectivity index (χ0n) is 25.0. The van der Waals surface area contributed by atoms with Crippen LogP contribution in [0.3, 0.4) is 0 Å². The summed E-state index contributed by atoms with van der Waals surface area (Å²) < 4.78 is 0. The van der Waals surface area contributed by atoms with Gasteiger partial charge in [-0.2, -0.15) is 0 Å². The van der Waals surface area contributed by atoms with E-state index in [-0.39, 0.29) is 0 Å². The second-order valence-corrected chi connectivity index (χ2v) is 12.3. The van der Waals surface area contributed by atoms with Gasteiger partial charge >= 0.3 is 0 Å². The van der Waals surface area contributed by atoms with Gasteiger partial charge in [-0.1, -0.05) is 115 Å². The van der Waals surface area contributed by atoms with E-state index in [1.165, 1.54) is 76.0 Å². The zero-order valence-corrected chi connectivity index (χ0v) is 25.0. The Morgan fingerprint density at radius 3 is 1.89 bits per heavy atom. The molecule has 0 aliphatic carbocycles. The highest BCUT2D eigenvalue weighted by Gasteiger charge is 2.17. The van der Waals surface area contributed by atoms with Crippen LogP contribution in [0.4, 0.5) is 17.1 Å². The average molecular weight is 585 g/mol. The van der Waals surface area contributed by atoms with Crippen molar-refractivity contribution < 1.29 is 0 Å². The number of benzene rings is 9. The summed E-state index contributed by atoms with van der Waals surface area (Å²) in [5.41, 5.74) is 8.25. The lowest BCUT2D eigenvalue weighted by Crippen LogP contribution is -2.09. The second kappa shape index (κ2) is 9.69. The van der Waals surface area contributed by atoms with Crippen molar-refractivity contribution >= 4 is 82.0 Å². The molecular weight excluding hydrogens is 556 g/mol. The summed E-state index contributed by atoms with van der Waals surface area (Å²) >= 11 is 0. The molecule has 0 atom stereocenters. The predicted octanol–water partition coefficient (Wildman–Crippen LogP) is 12.5. The van der Waals surface area contributed by atoms with Crippen LogP contribution in [0.15, 0.2) is 164 Å². The van der Waals surface area contributed by atoms with Crippen LogP contribution in [0.2, 0.25) is 0 Å². The normalized spacial score (nSPS) is 11.9. The van der Waals surface area contributed by atoms with E-state index >= 15 is 0 Å². The summed E-state index contributed by atoms with van der Waals surface area (Å²) in [6, 6.07) is 59.7. The van der Waals surface area contributed by atoms with Gasteiger partial charge in [-0.3, -0.25) is 0 Å². The molecule has 0 amide bonds. The third kappa shape index (κ3) is 3.71. The first-order valence-corrected chi connectivity index (χ1v) is 15.9. The van der Waals surface area contributed by atoms with Gasteiger partial charge in [-0.05, 0) is 103 Å². The second-order valence-electron chi connectivity index (χ2n) is 12.3. The number of nitrogens with zero attached hydrogens (tertiary/aromatic N) is 1. The van der Waals surface area contributed by atoms with Crippen LogP contribution in [0.1, 0.15) is 0 Å². The Morgan fingerprint density at radius 2 is 1.00 bits per heavy atom. The predicted molar refractivity (Wildman–Crippen MR) is 197 cm³/mol. The van der Waals surface area contributed by atoms with Gasteiger partial charge in [0.1, 0.15) is 0 Å². The number of hydrogen-bond donors (Lipinski definition) is 1. The van der Waals surface area contributed by atoms with E-state index in [9.17, 15) is 0 Å². The fraction of sp³-hybridized carbons (Fsp3) is 0. The Kier molecular flexibility index (Phi) is 5.31. The summed E-state index contributed by atoms with van der Waals surface area (Å²) in [5.74, 6) is 0. The average Bonchev–Trinajstić information content (AvgIpc) is 3.50. The van der Waals surface area contributed by atoms with Gasteiger partial charge < -0.3 is 9.88 Å². The summed E-state index contributed by atoms with van der Waals surface area (Å²) in [6.45, 7) is 0. The SMILES string of the molecule is c1ccc(N(c2ccc(-c3ccc4ccc5c6c(cc7ccc3c4c75)[nH]c3ccccc36)cc2)c2ccc3ccccc3c2)cc1. The van der Waals surface area contributed by atoms with Crippen LogP contribution in [-0.2, 0) is 0 Å². The van der Waals surface area contributed by atoms with Gasteiger partial charge in [0.2, 0.25) is 0 Å². The summed E-state index contributed by atoms with van der Waals surface area (Å²) in [6.07, 6.45) is 0. The fourth-order valence-corrected chi connectivity index (χ4v) is 7.60. The van der Waals surface area contributed by atoms with Crippen molar-refractivity contribution in [3.8, 4) is 11.1 Å². The van der Waals surface area contributed by atoms with Gasteiger partial charge in [-0.25, -0.2) is 0 Å². The highest BCUT2D eigenvalue weighted by atomic mass is 15.1. The number of hydrogen-bond acceptors (Lipinski definition) is 1. The maximum absolute atomic E-state index is 3.66. The summed E-state index contributed by atoms with van der Waals surface area (Å²) in [4.78, 5) is 6.00. The van der Waals surface area contributed by atoms with E-state index < -0.39 is 0 Å². The lowest BCUT2D eigenvalue weighted by Gasteiger charge is -2.26. The van der Waals surface area contributed by atoms with Crippen LogP contribution in [0.5, 0.6) is 0 Å². The maximum Gasteiger partial charge on any atom is 0.0477 e. The number of aromatic nitrogens is 1. The molecule has 0 spiro atoms. The van der Waals surface area contributed by atoms with Gasteiger partial charge in [-0.15, -0.1) is 0 Å². The quantitative estimate of drug-likeness (QED) is 0.204. The molecule has 2 nitrogen and oxygen atoms in total. The fourth-order valence-electron chi connectivity index (χ4n) is 7.60. The van der Waals surface area contributed by atoms with E-state index in [0.717, 1.165) is 17.1 Å². The minimum atomic E-state index is 1.13. The van der Waals surface area contributed by atoms with Crippen LogP contribution >= 0.6 is 0 Å². The van der Waals surface area contributed by atoms with Crippen molar-refractivity contribution in [1.82, 2.24) is 4.98 Å². The van der Waals surface area contributed by atoms with Crippen molar-refractivity contribution in [3.63, 3.8) is 0 Å². The lowest BCUT2D eigenvalue weighted by atomic mass is 9.88. The molecule has 0 saturated carbocycles. The van der Waals surface area contributed by atoms with Crippen molar-refractivity contribution in [1.29, 1.82) is 0 Å². The largest absolute Gasteiger partial charge is 0.354 e. The minimum Gasteiger partial charge on any atom is -0.354 e. The van der Waals surface area contributed by atoms with E-state index in [4.69, 9.17) is 0 Å². The Morgan fingerprint density at radius 1 is 0.348 bits per heavy atom. The summed E-state index contributed by atoms with van der Waals surface area (Å²) in [5, 5.41) is 12.9. The third-order valence-corrected chi connectivity index (χ3v) is 9.69. The molecule has 0 fully saturated rings. The van der Waals surface area contributed by atoms with E-state index in [1.807, 2.05) is 0 Å². The molecular formula is C44H28N2. The molecule has 46 heavy (non-hydrogen) atoms. The highest BCUT2D eigenvalue weighted by Crippen LogP contribution is 2.44. The smallest absolute Gasteiger partial charge is 0.0477 e. The minimum absolute atomic E-state index is 1.13. The monoisotopic (exact) mass is 584 g/mol. The Bertz CT molecular complexity index is 2740. The van der Waals surface area contributed by atoms with Crippen molar-refractivity contribution in [2.45, 2.75) is 0 Å². The van der Waals surface area contributed by atoms with Crippen LogP contribution in [-0.4, -0.2) is 4.98 Å². The molecule has 1 N–H and O–H groups in total. The molecule has 0 saturated heterocycles. The molecule has 0 bridgehead atoms. The molecule has 0 aliphatic heterocycles. The molecule has 9 aromatic carbocycles.